The molecule has 2 N–H and O–H groups in total. The summed E-state index contributed by atoms with van der Waals surface area (Å²) >= 11 is 0. The van der Waals surface area contributed by atoms with Gasteiger partial charge in [-0.3, -0.25) is 4.79 Å². The van der Waals surface area contributed by atoms with Crippen LogP contribution in [0.4, 0.5) is 0 Å². The molecule has 2 aromatic rings. The number of carbonyl (C=O) groups excluding carboxylic acids is 1. The van der Waals surface area contributed by atoms with Crippen LogP contribution in [-0.2, 0) is 9.59 Å². The van der Waals surface area contributed by atoms with Crippen LogP contribution in [0.25, 0.3) is 0 Å². The molecule has 0 aromatic heterocycles. The number of aliphatic carboxylic acids is 1. The smallest absolute Gasteiger partial charge is 0.341 e. The molecule has 0 radical (unpaired) electrons. The van der Waals surface area contributed by atoms with Crippen LogP contribution in [0.2, 0.25) is 0 Å². The van der Waals surface area contributed by atoms with Gasteiger partial charge < -0.3 is 19.7 Å². The molecule has 0 spiro atoms. The highest BCUT2D eigenvalue weighted by Gasteiger charge is 2.14. The number of unbranched alkanes of at least 4 members (excludes halogenated alkanes) is 2. The molecular weight excluding hydrogens is 624 g/mol. The lowest BCUT2D eigenvalue weighted by molar-refractivity contribution is -0.139. The van der Waals surface area contributed by atoms with E-state index in [2.05, 4.69) is 6.92 Å². The van der Waals surface area contributed by atoms with Crippen LogP contribution in [0.15, 0.2) is 24.3 Å². The van der Waals surface area contributed by atoms with Gasteiger partial charge in [-0.25, -0.2) is 4.79 Å². The highest BCUT2D eigenvalue weighted by Crippen LogP contribution is 2.37. The summed E-state index contributed by atoms with van der Waals surface area (Å²) in [6, 6.07) is 7.08. The molecule has 0 amide bonds. The predicted molar refractivity (Wildman–Crippen MR) is 226 cm³/mol. The fraction of sp³-hybridized carbons (Fsp3) is 0.682. The van der Waals surface area contributed by atoms with E-state index in [0.717, 1.165) is 35.1 Å². The Hall–Kier alpha value is -3.02. The van der Waals surface area contributed by atoms with Gasteiger partial charge in [0.2, 0.25) is 0 Å². The summed E-state index contributed by atoms with van der Waals surface area (Å²) in [4.78, 5) is 21.3. The molecule has 0 fully saturated rings. The highest BCUT2D eigenvalue weighted by molar-refractivity contribution is 5.77. The van der Waals surface area contributed by atoms with Crippen LogP contribution < -0.4 is 9.47 Å². The molecule has 0 heterocycles. The molecule has 0 aliphatic heterocycles. The maximum Gasteiger partial charge on any atom is 0.341 e. The molecule has 50 heavy (non-hydrogen) atoms. The lowest BCUT2D eigenvalue weighted by Gasteiger charge is -2.17. The Balaban J connectivity index is -0.0000000981. The summed E-state index contributed by atoms with van der Waals surface area (Å²) in [7, 11) is 0. The number of aryl methyl sites for hydroxylation is 3. The summed E-state index contributed by atoms with van der Waals surface area (Å²) in [5, 5.41) is 18.8. The minimum atomic E-state index is -1.02. The molecule has 2 rings (SSSR count). The molecule has 0 saturated heterocycles. The Morgan fingerprint density at radius 1 is 0.660 bits per heavy atom. The third kappa shape index (κ3) is 36.3. The monoisotopic (exact) mass is 713 g/mol. The van der Waals surface area contributed by atoms with Crippen LogP contribution in [-0.4, -0.2) is 28.6 Å². The van der Waals surface area contributed by atoms with Crippen molar-refractivity contribution in [3.8, 4) is 23.0 Å². The number of aromatic hydroxyl groups is 1. The quantitative estimate of drug-likeness (QED) is 0.225. The zero-order valence-corrected chi connectivity index (χ0v) is 37.7. The number of phenols is 1. The van der Waals surface area contributed by atoms with E-state index in [1.165, 1.54) is 12.8 Å². The third-order valence-electron chi connectivity index (χ3n) is 5.41. The largest absolute Gasteiger partial charge is 0.508 e. The molecule has 0 bridgehead atoms. The zero-order valence-electron chi connectivity index (χ0n) is 37.7. The number of carboxylic acids is 1. The molecule has 0 aliphatic carbocycles. The van der Waals surface area contributed by atoms with Gasteiger partial charge in [0.1, 0.15) is 28.8 Å². The number of hydrogen-bond acceptors (Lipinski definition) is 5. The summed E-state index contributed by atoms with van der Waals surface area (Å²) in [6.07, 6.45) is 5.00. The second-order valence-electron chi connectivity index (χ2n) is 8.85. The number of carbonyl (C=O) groups is 2. The molecule has 6 heteroatoms. The van der Waals surface area contributed by atoms with Crippen LogP contribution in [0, 0.1) is 20.8 Å². The minimum absolute atomic E-state index is 0.178. The van der Waals surface area contributed by atoms with E-state index >= 15 is 0 Å². The van der Waals surface area contributed by atoms with Crippen LogP contribution >= 0.6 is 0 Å². The predicted octanol–water partition coefficient (Wildman–Crippen LogP) is 15.5. The maximum absolute atomic E-state index is 10.7. The van der Waals surface area contributed by atoms with E-state index in [0.29, 0.717) is 29.5 Å². The normalized spacial score (nSPS) is 8.08. The Kier molecular flexibility index (Phi) is 69.0. The zero-order chi connectivity index (χ0) is 41.8. The van der Waals surface area contributed by atoms with Gasteiger partial charge in [0.25, 0.3) is 0 Å². The van der Waals surface area contributed by atoms with Crippen molar-refractivity contribution in [1.29, 1.82) is 0 Å². The molecule has 0 atom stereocenters. The van der Waals surface area contributed by atoms with E-state index in [4.69, 9.17) is 14.6 Å². The van der Waals surface area contributed by atoms with Gasteiger partial charge in [0.15, 0.2) is 6.61 Å². The second kappa shape index (κ2) is 52.8. The van der Waals surface area contributed by atoms with Gasteiger partial charge >= 0.3 is 5.97 Å². The van der Waals surface area contributed by atoms with Crippen molar-refractivity contribution < 1.29 is 29.3 Å². The van der Waals surface area contributed by atoms with E-state index in [-0.39, 0.29) is 18.3 Å². The van der Waals surface area contributed by atoms with E-state index in [9.17, 15) is 14.7 Å². The number of carboxylic acid groups (broad SMARTS) is 1. The summed E-state index contributed by atoms with van der Waals surface area (Å²) < 4.78 is 11.4. The molecule has 6 nitrogen and oxygen atoms in total. The van der Waals surface area contributed by atoms with Crippen LogP contribution in [0.3, 0.4) is 0 Å². The fourth-order valence-electron chi connectivity index (χ4n) is 3.42. The van der Waals surface area contributed by atoms with Gasteiger partial charge in [-0.15, -0.1) is 0 Å². The number of benzene rings is 2. The molecule has 0 unspecified atom stereocenters. The number of Topliss-reactive ketones (excluding diaryl/α,β-unsaturated/α-hetero) is 1. The van der Waals surface area contributed by atoms with Crippen molar-refractivity contribution in [2.75, 3.05) is 6.61 Å². The SMILES string of the molecule is CC.CC.CC.CC.CC.CC.CC.CC.CCCCCC(=O)CC.Cc1cc(O)c(C(C)C)cc1Oc1c(C)cc(OCC(=O)O)cc1C. The highest BCUT2D eigenvalue weighted by atomic mass is 16.5. The summed E-state index contributed by atoms with van der Waals surface area (Å²) in [5.41, 5.74) is 3.36. The van der Waals surface area contributed by atoms with Gasteiger partial charge in [-0.05, 0) is 74.1 Å². The lowest BCUT2D eigenvalue weighted by atomic mass is 10.00. The first kappa shape index (κ1) is 65.4. The fourth-order valence-corrected chi connectivity index (χ4v) is 3.42. The number of ether oxygens (including phenoxy) is 2. The first-order chi connectivity index (χ1) is 24.0. The number of hydrogen-bond donors (Lipinski definition) is 2. The van der Waals surface area contributed by atoms with E-state index < -0.39 is 5.97 Å². The van der Waals surface area contributed by atoms with Crippen molar-refractivity contribution in [2.24, 2.45) is 0 Å². The summed E-state index contributed by atoms with van der Waals surface area (Å²) in [6.45, 7) is 45.4. The Labute approximate surface area is 313 Å². The molecule has 300 valence electrons. The Morgan fingerprint density at radius 3 is 1.42 bits per heavy atom. The van der Waals surface area contributed by atoms with Crippen molar-refractivity contribution in [1.82, 2.24) is 0 Å². The first-order valence-corrected chi connectivity index (χ1v) is 20.0. The summed E-state index contributed by atoms with van der Waals surface area (Å²) in [5.74, 6) is 1.72. The van der Waals surface area contributed by atoms with E-state index in [1.54, 1.807) is 18.2 Å². The van der Waals surface area contributed by atoms with Crippen molar-refractivity contribution in [3.05, 3.63) is 46.5 Å². The van der Waals surface area contributed by atoms with Gasteiger partial charge in [-0.2, -0.15) is 0 Å². The van der Waals surface area contributed by atoms with Crippen molar-refractivity contribution >= 4 is 11.8 Å². The minimum Gasteiger partial charge on any atom is -0.508 e. The average molecular weight is 713 g/mol. The van der Waals surface area contributed by atoms with Gasteiger partial charge in [0, 0.05) is 18.4 Å². The topological polar surface area (TPSA) is 93.1 Å². The lowest BCUT2D eigenvalue weighted by Crippen LogP contribution is -2.09. The first-order valence-electron chi connectivity index (χ1n) is 20.0. The number of rotatable bonds is 11. The standard InChI is InChI=1S/C20H24O5.C8H16O.8C2H6/c1-11(2)16-9-18(12(3)8-17(16)21)25-20-13(4)6-15(7-14(20)5)24-10-19(22)23;1-3-5-6-7-8(9)4-2;8*1-2/h6-9,11,21H,10H2,1-5H3,(H,22,23);3-7H2,1-2H3;8*1-2H3. The van der Waals surface area contributed by atoms with Crippen molar-refractivity contribution in [2.45, 2.75) is 197 Å². The average Bonchev–Trinajstić information content (AvgIpc) is 3.16. The molecule has 2 aromatic carbocycles. The third-order valence-corrected chi connectivity index (χ3v) is 5.41. The molecular formula is C44H88O6. The molecule has 0 saturated carbocycles. The Bertz CT molecular complexity index is 942. The van der Waals surface area contributed by atoms with Crippen molar-refractivity contribution in [3.63, 3.8) is 0 Å². The number of phenolic OH excluding ortho intramolecular Hbond substituents is 1. The number of ketones is 1. The molecule has 0 aliphatic rings. The van der Waals surface area contributed by atoms with Crippen LogP contribution in [0.5, 0.6) is 23.0 Å². The van der Waals surface area contributed by atoms with E-state index in [1.807, 2.05) is 158 Å². The Morgan fingerprint density at radius 2 is 1.08 bits per heavy atom. The van der Waals surface area contributed by atoms with Gasteiger partial charge in [-0.1, -0.05) is 151 Å². The second-order valence-corrected chi connectivity index (χ2v) is 8.85. The van der Waals surface area contributed by atoms with Gasteiger partial charge in [0.05, 0.1) is 0 Å². The van der Waals surface area contributed by atoms with Crippen LogP contribution in [0.1, 0.15) is 199 Å². The maximum atomic E-state index is 10.7.